The predicted molar refractivity (Wildman–Crippen MR) is 74.6 cm³/mol. The predicted octanol–water partition coefficient (Wildman–Crippen LogP) is 3.95. The van der Waals surface area contributed by atoms with Gasteiger partial charge in [-0.05, 0) is 37.5 Å². The number of rotatable bonds is 3. The van der Waals surface area contributed by atoms with Crippen molar-refractivity contribution in [3.8, 4) is 0 Å². The Labute approximate surface area is 112 Å². The zero-order chi connectivity index (χ0) is 13.1. The van der Waals surface area contributed by atoms with Gasteiger partial charge in [-0.2, -0.15) is 0 Å². The van der Waals surface area contributed by atoms with E-state index in [4.69, 9.17) is 9.47 Å². The molecule has 104 valence electrons. The lowest BCUT2D eigenvalue weighted by atomic mass is 9.97. The first kappa shape index (κ1) is 14.1. The Balaban J connectivity index is 0.000000574. The van der Waals surface area contributed by atoms with Gasteiger partial charge in [0.25, 0.3) is 0 Å². The summed E-state index contributed by atoms with van der Waals surface area (Å²) >= 11 is 0. The van der Waals surface area contributed by atoms with Crippen LogP contribution in [0, 0.1) is 11.8 Å². The summed E-state index contributed by atoms with van der Waals surface area (Å²) in [6.07, 6.45) is 10.1. The fraction of sp³-hybridized carbons (Fsp3) is 0.875. The lowest BCUT2D eigenvalue weighted by molar-refractivity contribution is -0.0247. The Morgan fingerprint density at radius 1 is 1.06 bits per heavy atom. The van der Waals surface area contributed by atoms with Gasteiger partial charge in [-0.15, -0.1) is 6.58 Å². The molecule has 0 amide bonds. The van der Waals surface area contributed by atoms with Crippen molar-refractivity contribution in [3.05, 3.63) is 12.7 Å². The third-order valence-corrected chi connectivity index (χ3v) is 4.54. The number of hydrogen-bond acceptors (Lipinski definition) is 2. The van der Waals surface area contributed by atoms with Crippen molar-refractivity contribution in [2.75, 3.05) is 0 Å². The number of ether oxygens (including phenoxy) is 2. The van der Waals surface area contributed by atoms with E-state index in [2.05, 4.69) is 19.6 Å². The molecule has 1 aliphatic heterocycles. The fourth-order valence-corrected chi connectivity index (χ4v) is 3.42. The van der Waals surface area contributed by atoms with Gasteiger partial charge < -0.3 is 9.47 Å². The normalized spacial score (nSPS) is 45.7. The van der Waals surface area contributed by atoms with Crippen molar-refractivity contribution in [1.82, 2.24) is 0 Å². The van der Waals surface area contributed by atoms with Gasteiger partial charge in [-0.3, -0.25) is 0 Å². The third-order valence-electron chi connectivity index (χ3n) is 4.54. The first-order valence-electron chi connectivity index (χ1n) is 7.69. The van der Waals surface area contributed by atoms with E-state index in [1.54, 1.807) is 0 Å². The molecule has 0 aromatic heterocycles. The first-order valence-corrected chi connectivity index (χ1v) is 7.69. The van der Waals surface area contributed by atoms with Crippen molar-refractivity contribution in [2.45, 2.75) is 77.3 Å². The molecule has 18 heavy (non-hydrogen) atoms. The van der Waals surface area contributed by atoms with Gasteiger partial charge in [0.1, 0.15) is 0 Å². The highest BCUT2D eigenvalue weighted by Gasteiger charge is 2.45. The zero-order valence-corrected chi connectivity index (χ0v) is 12.1. The van der Waals surface area contributed by atoms with E-state index >= 15 is 0 Å². The number of hydrogen-bond donors (Lipinski definition) is 0. The first-order chi connectivity index (χ1) is 8.76. The van der Waals surface area contributed by atoms with Crippen molar-refractivity contribution in [3.63, 3.8) is 0 Å². The second kappa shape index (κ2) is 6.21. The van der Waals surface area contributed by atoms with Crippen molar-refractivity contribution < 1.29 is 9.47 Å². The van der Waals surface area contributed by atoms with Crippen LogP contribution in [0.3, 0.4) is 0 Å². The van der Waals surface area contributed by atoms with Gasteiger partial charge in [-0.1, -0.05) is 26.8 Å². The van der Waals surface area contributed by atoms with Crippen molar-refractivity contribution >= 4 is 0 Å². The van der Waals surface area contributed by atoms with Crippen LogP contribution < -0.4 is 0 Å². The van der Waals surface area contributed by atoms with E-state index < -0.39 is 0 Å². The summed E-state index contributed by atoms with van der Waals surface area (Å²) in [5.74, 6) is 1.41. The van der Waals surface area contributed by atoms with Crippen LogP contribution in [-0.4, -0.2) is 24.4 Å². The highest BCUT2D eigenvalue weighted by atomic mass is 16.6. The van der Waals surface area contributed by atoms with Gasteiger partial charge >= 0.3 is 0 Å². The smallest absolute Gasteiger partial charge is 0.0866 e. The van der Waals surface area contributed by atoms with Crippen LogP contribution in [0.15, 0.2) is 12.7 Å². The van der Waals surface area contributed by atoms with Crippen LogP contribution in [0.5, 0.6) is 0 Å². The van der Waals surface area contributed by atoms with Gasteiger partial charge in [0, 0.05) is 6.42 Å². The van der Waals surface area contributed by atoms with Gasteiger partial charge in [-0.25, -0.2) is 0 Å². The molecule has 0 radical (unpaired) electrons. The number of fused-ring (bicyclic) bond motifs is 1. The topological polar surface area (TPSA) is 21.8 Å². The molecular weight excluding hydrogens is 224 g/mol. The molecule has 0 aromatic rings. The van der Waals surface area contributed by atoms with Gasteiger partial charge in [0.2, 0.25) is 0 Å². The maximum absolute atomic E-state index is 6.22. The molecule has 2 saturated carbocycles. The van der Waals surface area contributed by atoms with Crippen LogP contribution in [0.1, 0.15) is 52.9 Å². The van der Waals surface area contributed by atoms with E-state index in [-0.39, 0.29) is 0 Å². The molecule has 0 spiro atoms. The Hall–Kier alpha value is -0.340. The molecule has 1 heterocycles. The lowest BCUT2D eigenvalue weighted by Crippen LogP contribution is -2.26. The molecule has 3 fully saturated rings. The number of allylic oxidation sites excluding steroid dienone is 1. The average molecular weight is 252 g/mol. The van der Waals surface area contributed by atoms with Gasteiger partial charge in [0.15, 0.2) is 0 Å². The largest absolute Gasteiger partial charge is 0.375 e. The molecule has 6 atom stereocenters. The third kappa shape index (κ3) is 3.16. The Morgan fingerprint density at radius 2 is 1.83 bits per heavy atom. The van der Waals surface area contributed by atoms with E-state index in [1.165, 1.54) is 25.7 Å². The summed E-state index contributed by atoms with van der Waals surface area (Å²) in [4.78, 5) is 0. The summed E-state index contributed by atoms with van der Waals surface area (Å²) in [7, 11) is 0. The molecule has 3 aliphatic rings. The van der Waals surface area contributed by atoms with E-state index in [0.29, 0.717) is 30.3 Å². The zero-order valence-electron chi connectivity index (χ0n) is 12.1. The molecule has 0 aromatic carbocycles. The van der Waals surface area contributed by atoms with E-state index in [1.807, 2.05) is 13.8 Å². The standard InChI is InChI=1S/C14H22O2.C2H6/c1-3-10-7-12(6-9(10)2)15-11-4-5-13-14(8-11)16-13;1-2/h3,9-14H,1,4-8H2,2H3;1-2H3. The minimum absolute atomic E-state index is 0.463. The van der Waals surface area contributed by atoms with Crippen LogP contribution in [0.4, 0.5) is 0 Å². The van der Waals surface area contributed by atoms with Gasteiger partial charge in [0.05, 0.1) is 24.4 Å². The second-order valence-corrected chi connectivity index (χ2v) is 5.75. The molecule has 2 nitrogen and oxygen atoms in total. The molecule has 3 rings (SSSR count). The molecule has 1 saturated heterocycles. The Bertz CT molecular complexity index is 276. The van der Waals surface area contributed by atoms with E-state index in [0.717, 1.165) is 12.3 Å². The molecule has 2 heteroatoms. The van der Waals surface area contributed by atoms with Crippen LogP contribution in [-0.2, 0) is 9.47 Å². The molecule has 0 bridgehead atoms. The second-order valence-electron chi connectivity index (χ2n) is 5.75. The lowest BCUT2D eigenvalue weighted by Gasteiger charge is -2.23. The minimum Gasteiger partial charge on any atom is -0.375 e. The van der Waals surface area contributed by atoms with Crippen LogP contribution in [0.25, 0.3) is 0 Å². The summed E-state index contributed by atoms with van der Waals surface area (Å²) in [5, 5.41) is 0. The SMILES string of the molecule is C=CC1CC(OC2CCC3OC3C2)CC1C.CC. The van der Waals surface area contributed by atoms with Crippen LogP contribution in [0.2, 0.25) is 0 Å². The molecule has 0 N–H and O–H groups in total. The highest BCUT2D eigenvalue weighted by molar-refractivity contribution is 4.95. The van der Waals surface area contributed by atoms with E-state index in [9.17, 15) is 0 Å². The van der Waals surface area contributed by atoms with Crippen molar-refractivity contribution in [1.29, 1.82) is 0 Å². The molecular formula is C16H28O2. The quantitative estimate of drug-likeness (QED) is 0.560. The summed E-state index contributed by atoms with van der Waals surface area (Å²) < 4.78 is 11.8. The monoisotopic (exact) mass is 252 g/mol. The minimum atomic E-state index is 0.463. The summed E-state index contributed by atoms with van der Waals surface area (Å²) in [6.45, 7) is 10.2. The van der Waals surface area contributed by atoms with Crippen molar-refractivity contribution in [2.24, 2.45) is 11.8 Å². The average Bonchev–Trinajstić information content (AvgIpc) is 3.08. The Morgan fingerprint density at radius 3 is 2.44 bits per heavy atom. The summed E-state index contributed by atoms with van der Waals surface area (Å²) in [6, 6.07) is 0. The maximum Gasteiger partial charge on any atom is 0.0866 e. The fourth-order valence-electron chi connectivity index (χ4n) is 3.42. The Kier molecular flexibility index (Phi) is 4.85. The molecule has 2 aliphatic carbocycles. The maximum atomic E-state index is 6.22. The summed E-state index contributed by atoms with van der Waals surface area (Å²) in [5.41, 5.74) is 0. The van der Waals surface area contributed by atoms with Crippen LogP contribution >= 0.6 is 0 Å². The number of epoxide rings is 1. The highest BCUT2D eigenvalue weighted by Crippen LogP contribution is 2.40. The molecule has 6 unspecified atom stereocenters.